The summed E-state index contributed by atoms with van der Waals surface area (Å²) in [5.74, 6) is -1.60. The molecule has 7 nitrogen and oxygen atoms in total. The Morgan fingerprint density at radius 1 is 1.11 bits per heavy atom. The molecule has 1 spiro atoms. The Labute approximate surface area is 269 Å². The van der Waals surface area contributed by atoms with Gasteiger partial charge in [0, 0.05) is 29.6 Å². The Hall–Kier alpha value is -2.58. The molecule has 0 radical (unpaired) electrons. The van der Waals surface area contributed by atoms with Crippen molar-refractivity contribution in [1.82, 2.24) is 9.80 Å². The lowest BCUT2D eigenvalue weighted by Gasteiger charge is -2.47. The van der Waals surface area contributed by atoms with Crippen molar-refractivity contribution in [3.05, 3.63) is 55.6 Å². The lowest BCUT2D eigenvalue weighted by Crippen LogP contribution is -2.62. The molecule has 4 rings (SSSR count). The van der Waals surface area contributed by atoms with Crippen LogP contribution in [0.25, 0.3) is 0 Å². The van der Waals surface area contributed by atoms with E-state index in [1.165, 1.54) is 0 Å². The number of amides is 3. The minimum atomic E-state index is -0.775. The smallest absolute Gasteiger partial charge is 0.247 e. The molecule has 3 heterocycles. The maximum Gasteiger partial charge on any atom is 0.247 e. The van der Waals surface area contributed by atoms with Crippen molar-refractivity contribution in [1.29, 1.82) is 0 Å². The van der Waals surface area contributed by atoms with Gasteiger partial charge in [0.2, 0.25) is 17.7 Å². The Bertz CT molecular complexity index is 1240. The quantitative estimate of drug-likeness (QED) is 0.276. The molecular formula is C36H53N3O4S. The summed E-state index contributed by atoms with van der Waals surface area (Å²) < 4.78 is -0.742. The van der Waals surface area contributed by atoms with Gasteiger partial charge in [-0.15, -0.1) is 24.9 Å². The highest BCUT2D eigenvalue weighted by molar-refractivity contribution is 8.02. The van der Waals surface area contributed by atoms with Gasteiger partial charge in [-0.05, 0) is 56.6 Å². The second-order valence-corrected chi connectivity index (χ2v) is 16.4. The number of hydrogen-bond donors (Lipinski definition) is 1. The molecule has 3 amide bonds. The predicted octanol–water partition coefficient (Wildman–Crippen LogP) is 5.93. The van der Waals surface area contributed by atoms with Gasteiger partial charge in [-0.3, -0.25) is 14.4 Å². The number of hydrogen-bond acceptors (Lipinski definition) is 5. The molecule has 1 aromatic rings. The first-order valence-corrected chi connectivity index (χ1v) is 17.1. The summed E-state index contributed by atoms with van der Waals surface area (Å²) in [5.41, 5.74) is 0.217. The van der Waals surface area contributed by atoms with Crippen molar-refractivity contribution in [3.8, 4) is 0 Å². The number of nitrogens with zero attached hydrogens (tertiary/aromatic N) is 3. The topological polar surface area (TPSA) is 81.2 Å². The molecule has 3 fully saturated rings. The fourth-order valence-corrected chi connectivity index (χ4v) is 10.6. The number of aliphatic hydroxyl groups is 1. The molecule has 1 N–H and O–H groups in total. The Morgan fingerprint density at radius 2 is 1.75 bits per heavy atom. The van der Waals surface area contributed by atoms with Gasteiger partial charge in [-0.2, -0.15) is 0 Å². The SMILES string of the molecule is C=CCN(C(=O)[C@@H]1[C@H]2C(=O)N([C@@H](CO)[C@@H](C)CC)C(C(=O)N(CC=C)C(C)(C)CC(C)(C)C)C23CC[C@H]1S3)c1ccccc1. The number of anilines is 1. The van der Waals surface area contributed by atoms with E-state index >= 15 is 4.79 Å². The number of likely N-dealkylation sites (tertiary alicyclic amines) is 1. The molecule has 0 aliphatic carbocycles. The molecule has 2 unspecified atom stereocenters. The van der Waals surface area contributed by atoms with Crippen LogP contribution in [0.1, 0.15) is 74.1 Å². The molecule has 0 aromatic heterocycles. The van der Waals surface area contributed by atoms with Crippen LogP contribution in [0, 0.1) is 23.2 Å². The molecule has 1 aromatic carbocycles. The highest BCUT2D eigenvalue weighted by Crippen LogP contribution is 2.67. The van der Waals surface area contributed by atoms with Crippen LogP contribution in [-0.4, -0.2) is 79.9 Å². The fraction of sp³-hybridized carbons (Fsp3) is 0.639. The number of benzene rings is 1. The molecule has 7 atom stereocenters. The van der Waals surface area contributed by atoms with Crippen LogP contribution in [0.2, 0.25) is 0 Å². The van der Waals surface area contributed by atoms with E-state index in [4.69, 9.17) is 0 Å². The van der Waals surface area contributed by atoms with Crippen LogP contribution in [-0.2, 0) is 14.4 Å². The van der Waals surface area contributed by atoms with Gasteiger partial charge in [0.25, 0.3) is 0 Å². The summed E-state index contributed by atoms with van der Waals surface area (Å²) in [6.45, 7) is 23.1. The van der Waals surface area contributed by atoms with Crippen molar-refractivity contribution in [2.24, 2.45) is 23.2 Å². The van der Waals surface area contributed by atoms with Crippen molar-refractivity contribution in [2.45, 2.75) is 102 Å². The number of carbonyl (C=O) groups is 3. The summed E-state index contributed by atoms with van der Waals surface area (Å²) in [6.07, 6.45) is 6.43. The van der Waals surface area contributed by atoms with Crippen LogP contribution < -0.4 is 4.90 Å². The number of para-hydroxylation sites is 1. The number of thioether (sulfide) groups is 1. The summed E-state index contributed by atoms with van der Waals surface area (Å²) >= 11 is 1.68. The van der Waals surface area contributed by atoms with Crippen molar-refractivity contribution < 1.29 is 19.5 Å². The summed E-state index contributed by atoms with van der Waals surface area (Å²) in [5, 5.41) is 10.7. The number of fused-ring (bicyclic) bond motifs is 1. The van der Waals surface area contributed by atoms with Crippen molar-refractivity contribution >= 4 is 35.2 Å². The third-order valence-corrected chi connectivity index (χ3v) is 12.0. The lowest BCUT2D eigenvalue weighted by molar-refractivity contribution is -0.150. The van der Waals surface area contributed by atoms with Gasteiger partial charge in [0.05, 0.1) is 29.2 Å². The zero-order chi connectivity index (χ0) is 32.6. The molecule has 3 aliphatic rings. The average Bonchev–Trinajstić information content (AvgIpc) is 3.61. The van der Waals surface area contributed by atoms with Crippen LogP contribution in [0.5, 0.6) is 0 Å². The Morgan fingerprint density at radius 3 is 2.30 bits per heavy atom. The van der Waals surface area contributed by atoms with Gasteiger partial charge >= 0.3 is 0 Å². The Kier molecular flexibility index (Phi) is 10.2. The first kappa shape index (κ1) is 34.3. The third-order valence-electron chi connectivity index (χ3n) is 10.0. The van der Waals surface area contributed by atoms with Gasteiger partial charge in [0.15, 0.2) is 0 Å². The zero-order valence-corrected chi connectivity index (χ0v) is 28.6. The molecule has 3 aliphatic heterocycles. The number of rotatable bonds is 13. The van der Waals surface area contributed by atoms with E-state index in [0.29, 0.717) is 19.5 Å². The fourth-order valence-electron chi connectivity index (χ4n) is 8.37. The van der Waals surface area contributed by atoms with Gasteiger partial charge in [-0.25, -0.2) is 0 Å². The van der Waals surface area contributed by atoms with Crippen molar-refractivity contribution in [3.63, 3.8) is 0 Å². The second kappa shape index (κ2) is 13.0. The highest BCUT2D eigenvalue weighted by atomic mass is 32.2. The predicted molar refractivity (Wildman–Crippen MR) is 180 cm³/mol. The maximum absolute atomic E-state index is 15.1. The molecular weight excluding hydrogens is 570 g/mol. The average molecular weight is 624 g/mol. The van der Waals surface area contributed by atoms with E-state index in [1.54, 1.807) is 33.7 Å². The molecule has 0 saturated carbocycles. The van der Waals surface area contributed by atoms with Crippen LogP contribution >= 0.6 is 11.8 Å². The third kappa shape index (κ3) is 6.01. The van der Waals surface area contributed by atoms with Gasteiger partial charge in [0.1, 0.15) is 6.04 Å². The molecule has 44 heavy (non-hydrogen) atoms. The molecule has 2 bridgehead atoms. The largest absolute Gasteiger partial charge is 0.394 e. The van der Waals surface area contributed by atoms with Crippen LogP contribution in [0.4, 0.5) is 5.69 Å². The lowest BCUT2D eigenvalue weighted by atomic mass is 9.70. The Balaban J connectivity index is 1.84. The minimum absolute atomic E-state index is 0.0251. The number of aliphatic hydroxyl groups excluding tert-OH is 1. The normalized spacial score (nSPS) is 27.5. The van der Waals surface area contributed by atoms with E-state index in [9.17, 15) is 14.7 Å². The minimum Gasteiger partial charge on any atom is -0.394 e. The first-order chi connectivity index (χ1) is 20.7. The first-order valence-electron chi connectivity index (χ1n) is 16.2. The van der Waals surface area contributed by atoms with Crippen LogP contribution in [0.15, 0.2) is 55.6 Å². The van der Waals surface area contributed by atoms with E-state index in [1.807, 2.05) is 49.1 Å². The summed E-state index contributed by atoms with van der Waals surface area (Å²) in [4.78, 5) is 49.8. The van der Waals surface area contributed by atoms with E-state index in [0.717, 1.165) is 24.9 Å². The van der Waals surface area contributed by atoms with E-state index in [2.05, 4.69) is 47.8 Å². The molecule has 8 heteroatoms. The maximum atomic E-state index is 15.1. The number of carbonyl (C=O) groups excluding carboxylic acids is 3. The van der Waals surface area contributed by atoms with E-state index in [-0.39, 0.29) is 40.9 Å². The summed E-state index contributed by atoms with van der Waals surface area (Å²) in [6, 6.07) is 8.23. The van der Waals surface area contributed by atoms with Crippen LogP contribution in [0.3, 0.4) is 0 Å². The monoisotopic (exact) mass is 623 g/mol. The van der Waals surface area contributed by atoms with Gasteiger partial charge < -0.3 is 19.8 Å². The molecule has 3 saturated heterocycles. The summed E-state index contributed by atoms with van der Waals surface area (Å²) in [7, 11) is 0. The van der Waals surface area contributed by atoms with Gasteiger partial charge in [-0.1, -0.05) is 71.4 Å². The highest BCUT2D eigenvalue weighted by Gasteiger charge is 2.75. The van der Waals surface area contributed by atoms with E-state index < -0.39 is 34.2 Å². The zero-order valence-electron chi connectivity index (χ0n) is 27.8. The second-order valence-electron chi connectivity index (χ2n) is 14.8. The van der Waals surface area contributed by atoms with Crippen molar-refractivity contribution in [2.75, 3.05) is 24.6 Å². The molecule has 242 valence electrons. The standard InChI is InChI=1S/C36H53N3O4S/c1-10-20-37(25-16-14-13-15-17-25)31(41)28-27-18-19-36(44-27)29(28)32(42)39(26(22-40)24(4)12-3)30(36)33(43)38(21-11-2)35(8,9)23-34(5,6)7/h10-11,13-17,24,26-30,40H,1-2,12,18-23H2,3-9H3/t24-,26-,27+,28-,29-,30?,36?/m0/s1.